The van der Waals surface area contributed by atoms with Crippen molar-refractivity contribution in [1.82, 2.24) is 29.9 Å². The first kappa shape index (κ1) is 27.1. The number of rotatable bonds is 10. The third-order valence-electron chi connectivity index (χ3n) is 8.02. The number of methoxy groups -OCH3 is 1. The van der Waals surface area contributed by atoms with Crippen LogP contribution >= 0.6 is 0 Å². The van der Waals surface area contributed by atoms with Crippen LogP contribution in [-0.4, -0.2) is 101 Å². The van der Waals surface area contributed by atoms with E-state index in [0.717, 1.165) is 25.9 Å². The molecule has 11 nitrogen and oxygen atoms in total. The van der Waals surface area contributed by atoms with E-state index < -0.39 is 0 Å². The second kappa shape index (κ2) is 12.6. The third kappa shape index (κ3) is 6.76. The van der Waals surface area contributed by atoms with Gasteiger partial charge in [-0.1, -0.05) is 6.42 Å². The highest BCUT2D eigenvalue weighted by atomic mass is 16.5. The average Bonchev–Trinajstić information content (AvgIpc) is 3.47. The number of amides is 2. The van der Waals surface area contributed by atoms with Crippen molar-refractivity contribution < 1.29 is 19.1 Å². The zero-order valence-electron chi connectivity index (χ0n) is 22.7. The number of carbonyl (C=O) groups is 2. The lowest BCUT2D eigenvalue weighted by atomic mass is 9.86. The first-order valence-electron chi connectivity index (χ1n) is 14.0. The van der Waals surface area contributed by atoms with Gasteiger partial charge in [0, 0.05) is 57.7 Å². The Morgan fingerprint density at radius 2 is 1.69 bits per heavy atom. The molecule has 39 heavy (non-hydrogen) atoms. The fourth-order valence-corrected chi connectivity index (χ4v) is 5.25. The van der Waals surface area contributed by atoms with Gasteiger partial charge in [0.25, 0.3) is 5.56 Å². The molecule has 2 amide bonds. The summed E-state index contributed by atoms with van der Waals surface area (Å²) in [5.74, 6) is 2.34. The molecular weight excluding hydrogens is 500 g/mol. The smallest absolute Gasteiger partial charge is 0.273 e. The highest BCUT2D eigenvalue weighted by Crippen LogP contribution is 2.33. The van der Waals surface area contributed by atoms with Gasteiger partial charge in [-0.2, -0.15) is 0 Å². The summed E-state index contributed by atoms with van der Waals surface area (Å²) in [5, 5.41) is 8.33. The Kier molecular flexibility index (Phi) is 8.75. The molecule has 1 aliphatic carbocycles. The van der Waals surface area contributed by atoms with Crippen LogP contribution in [0.4, 0.5) is 0 Å². The van der Waals surface area contributed by atoms with Gasteiger partial charge in [-0.3, -0.25) is 19.3 Å². The molecule has 0 atom stereocenters. The van der Waals surface area contributed by atoms with Crippen molar-refractivity contribution in [3.05, 3.63) is 34.2 Å². The summed E-state index contributed by atoms with van der Waals surface area (Å²) < 4.78 is 11.4. The van der Waals surface area contributed by atoms with E-state index in [0.29, 0.717) is 68.1 Å². The maximum atomic E-state index is 12.8. The van der Waals surface area contributed by atoms with Crippen LogP contribution in [0, 0.1) is 5.92 Å². The number of likely N-dealkylation sites (tertiary alicyclic amines) is 1. The van der Waals surface area contributed by atoms with Crippen LogP contribution in [-0.2, 0) is 16.0 Å². The number of carbonyl (C=O) groups excluding carboxylic acids is 2. The van der Waals surface area contributed by atoms with Gasteiger partial charge in [0.1, 0.15) is 5.69 Å². The molecule has 3 heterocycles. The van der Waals surface area contributed by atoms with Crippen LogP contribution in [0.1, 0.15) is 44.2 Å². The molecule has 3 fully saturated rings. The van der Waals surface area contributed by atoms with Gasteiger partial charge in [0.05, 0.1) is 20.3 Å². The second-order valence-corrected chi connectivity index (χ2v) is 10.7. The fourth-order valence-electron chi connectivity index (χ4n) is 5.25. The molecule has 1 saturated carbocycles. The Morgan fingerprint density at radius 3 is 2.36 bits per heavy atom. The van der Waals surface area contributed by atoms with Crippen molar-refractivity contribution in [2.75, 3.05) is 59.5 Å². The second-order valence-electron chi connectivity index (χ2n) is 10.7. The molecule has 1 N–H and O–H groups in total. The van der Waals surface area contributed by atoms with Crippen LogP contribution in [0.5, 0.6) is 11.5 Å². The molecule has 11 heteroatoms. The Hall–Kier alpha value is -3.47. The number of ether oxygens (including phenoxy) is 2. The van der Waals surface area contributed by atoms with Gasteiger partial charge in [0.2, 0.25) is 11.8 Å². The number of piperazine rings is 1. The van der Waals surface area contributed by atoms with Crippen molar-refractivity contribution in [2.45, 2.75) is 44.9 Å². The van der Waals surface area contributed by atoms with Crippen molar-refractivity contribution in [3.63, 3.8) is 0 Å². The average molecular weight is 539 g/mol. The highest BCUT2D eigenvalue weighted by molar-refractivity contribution is 5.79. The SMILES string of the molecule is COc1cc(-c2nnc(CCC(=O)N3CCN(CC(=O)N4CCCC4)CC3)c(=O)[nH]2)ccc1OCC1CCC1. The van der Waals surface area contributed by atoms with Crippen molar-refractivity contribution in [1.29, 1.82) is 0 Å². The molecule has 2 aromatic rings. The van der Waals surface area contributed by atoms with E-state index in [1.54, 1.807) is 18.1 Å². The molecule has 2 saturated heterocycles. The van der Waals surface area contributed by atoms with E-state index in [1.165, 1.54) is 19.3 Å². The summed E-state index contributed by atoms with van der Waals surface area (Å²) in [6.07, 6.45) is 6.24. The number of aryl methyl sites for hydroxylation is 1. The molecule has 1 aromatic carbocycles. The monoisotopic (exact) mass is 538 g/mol. The fraction of sp³-hybridized carbons (Fsp3) is 0.607. The number of nitrogens with zero attached hydrogens (tertiary/aromatic N) is 5. The van der Waals surface area contributed by atoms with Crippen LogP contribution in [0.15, 0.2) is 23.0 Å². The van der Waals surface area contributed by atoms with E-state index in [4.69, 9.17) is 9.47 Å². The molecule has 0 unspecified atom stereocenters. The van der Waals surface area contributed by atoms with E-state index in [1.807, 2.05) is 17.0 Å². The Bertz CT molecular complexity index is 1220. The summed E-state index contributed by atoms with van der Waals surface area (Å²) in [7, 11) is 1.58. The maximum Gasteiger partial charge on any atom is 0.273 e. The molecule has 0 radical (unpaired) electrons. The van der Waals surface area contributed by atoms with Gasteiger partial charge in [-0.25, -0.2) is 0 Å². The van der Waals surface area contributed by atoms with Crippen LogP contribution < -0.4 is 15.0 Å². The quantitative estimate of drug-likeness (QED) is 0.486. The van der Waals surface area contributed by atoms with E-state index in [9.17, 15) is 14.4 Å². The molecule has 210 valence electrons. The van der Waals surface area contributed by atoms with Crippen LogP contribution in [0.3, 0.4) is 0 Å². The van der Waals surface area contributed by atoms with Gasteiger partial charge in [-0.15, -0.1) is 10.2 Å². The maximum absolute atomic E-state index is 12.8. The largest absolute Gasteiger partial charge is 0.493 e. The lowest BCUT2D eigenvalue weighted by molar-refractivity contribution is -0.134. The molecule has 1 aromatic heterocycles. The minimum Gasteiger partial charge on any atom is -0.493 e. The standard InChI is InChI=1S/C28H38N6O5/c1-38-24-17-21(7-9-23(24)39-19-20-5-4-6-20)27-29-28(37)22(30-31-27)8-10-25(35)34-15-13-32(14-16-34)18-26(36)33-11-2-3-12-33/h7,9,17,20H,2-6,8,10-16,18-19H2,1H3,(H,29,31,37). The molecule has 5 rings (SSSR count). The molecular formula is C28H38N6O5. The minimum absolute atomic E-state index is 0.0204. The van der Waals surface area contributed by atoms with E-state index >= 15 is 0 Å². The third-order valence-corrected chi connectivity index (χ3v) is 8.02. The number of aromatic amines is 1. The first-order valence-corrected chi connectivity index (χ1v) is 14.0. The first-order chi connectivity index (χ1) is 19.0. The lowest BCUT2D eigenvalue weighted by Gasteiger charge is -2.35. The topological polar surface area (TPSA) is 121 Å². The molecule has 0 spiro atoms. The molecule has 3 aliphatic rings. The van der Waals surface area contributed by atoms with Crippen molar-refractivity contribution >= 4 is 11.8 Å². The molecule has 0 bridgehead atoms. The number of nitrogens with one attached hydrogen (secondary N) is 1. The highest BCUT2D eigenvalue weighted by Gasteiger charge is 2.25. The number of hydrogen-bond acceptors (Lipinski definition) is 8. The van der Waals surface area contributed by atoms with Gasteiger partial charge >= 0.3 is 0 Å². The van der Waals surface area contributed by atoms with Gasteiger partial charge in [-0.05, 0) is 49.8 Å². The van der Waals surface area contributed by atoms with E-state index in [2.05, 4.69) is 20.1 Å². The Balaban J connectivity index is 1.11. The zero-order valence-corrected chi connectivity index (χ0v) is 22.7. The number of aromatic nitrogens is 3. The summed E-state index contributed by atoms with van der Waals surface area (Å²) in [4.78, 5) is 46.5. The van der Waals surface area contributed by atoms with Crippen molar-refractivity contribution in [3.8, 4) is 22.9 Å². The number of benzene rings is 1. The van der Waals surface area contributed by atoms with Crippen molar-refractivity contribution in [2.24, 2.45) is 5.92 Å². The number of hydrogen-bond donors (Lipinski definition) is 1. The van der Waals surface area contributed by atoms with E-state index in [-0.39, 0.29) is 35.9 Å². The number of H-pyrrole nitrogens is 1. The van der Waals surface area contributed by atoms with Gasteiger partial charge < -0.3 is 24.3 Å². The van der Waals surface area contributed by atoms with Gasteiger partial charge in [0.15, 0.2) is 17.3 Å². The van der Waals surface area contributed by atoms with Crippen LogP contribution in [0.25, 0.3) is 11.4 Å². The van der Waals surface area contributed by atoms with Crippen LogP contribution in [0.2, 0.25) is 0 Å². The predicted octanol–water partition coefficient (Wildman–Crippen LogP) is 1.72. The summed E-state index contributed by atoms with van der Waals surface area (Å²) in [6, 6.07) is 5.42. The summed E-state index contributed by atoms with van der Waals surface area (Å²) >= 11 is 0. The normalized spacial score (nSPS) is 18.2. The summed E-state index contributed by atoms with van der Waals surface area (Å²) in [5.41, 5.74) is 0.535. The summed E-state index contributed by atoms with van der Waals surface area (Å²) in [6.45, 7) is 5.31. The lowest BCUT2D eigenvalue weighted by Crippen LogP contribution is -2.51. The Morgan fingerprint density at radius 1 is 0.949 bits per heavy atom. The minimum atomic E-state index is -0.359. The zero-order chi connectivity index (χ0) is 27.2. The molecule has 2 aliphatic heterocycles. The Labute approximate surface area is 228 Å². The predicted molar refractivity (Wildman–Crippen MR) is 145 cm³/mol.